The molecule has 7 nitrogen and oxygen atoms in total. The molecular weight excluding hydrogens is 354 g/mol. The minimum Gasteiger partial charge on any atom is -0.481 e. The van der Waals surface area contributed by atoms with Crippen LogP contribution < -0.4 is 5.32 Å². The molecule has 1 saturated heterocycles. The van der Waals surface area contributed by atoms with Crippen molar-refractivity contribution in [3.63, 3.8) is 0 Å². The maximum atomic E-state index is 12.6. The first-order chi connectivity index (χ1) is 12.3. The molecule has 1 aliphatic heterocycles. The van der Waals surface area contributed by atoms with Gasteiger partial charge in [0.05, 0.1) is 5.92 Å². The Bertz CT molecular complexity index is 689. The molecule has 0 aromatic heterocycles. The Morgan fingerprint density at radius 3 is 2.58 bits per heavy atom. The molecule has 0 saturated carbocycles. The fraction of sp³-hybridized carbons (Fsp3) is 0.500. The topological polar surface area (TPSA) is 90.0 Å². The third-order valence-electron chi connectivity index (χ3n) is 4.34. The van der Waals surface area contributed by atoms with Crippen molar-refractivity contribution in [2.24, 2.45) is 5.92 Å². The SMILES string of the molecule is Cc1ccc(C(=O)N2CCSCC2)cc1NC(=O)N(C)CC(C)C(=O)O. The van der Waals surface area contributed by atoms with Crippen molar-refractivity contribution in [2.45, 2.75) is 13.8 Å². The first-order valence-electron chi connectivity index (χ1n) is 8.52. The molecule has 8 heteroatoms. The number of anilines is 1. The van der Waals surface area contributed by atoms with Gasteiger partial charge in [0, 0.05) is 49.4 Å². The van der Waals surface area contributed by atoms with Crippen LogP contribution >= 0.6 is 11.8 Å². The summed E-state index contributed by atoms with van der Waals surface area (Å²) in [4.78, 5) is 39.1. The van der Waals surface area contributed by atoms with Gasteiger partial charge in [0.25, 0.3) is 5.91 Å². The number of hydrogen-bond acceptors (Lipinski definition) is 4. The van der Waals surface area contributed by atoms with Crippen LogP contribution in [0, 0.1) is 12.8 Å². The summed E-state index contributed by atoms with van der Waals surface area (Å²) < 4.78 is 0. The van der Waals surface area contributed by atoms with Gasteiger partial charge in [-0.3, -0.25) is 9.59 Å². The molecule has 1 unspecified atom stereocenters. The van der Waals surface area contributed by atoms with E-state index in [2.05, 4.69) is 5.32 Å². The van der Waals surface area contributed by atoms with E-state index in [0.717, 1.165) is 30.2 Å². The Labute approximate surface area is 157 Å². The van der Waals surface area contributed by atoms with Crippen LogP contribution in [0.1, 0.15) is 22.8 Å². The maximum Gasteiger partial charge on any atom is 0.321 e. The lowest BCUT2D eigenvalue weighted by atomic mass is 10.1. The van der Waals surface area contributed by atoms with Gasteiger partial charge in [-0.15, -0.1) is 0 Å². The Balaban J connectivity index is 2.08. The number of nitrogens with one attached hydrogen (secondary N) is 1. The molecule has 1 aliphatic rings. The number of hydrogen-bond donors (Lipinski definition) is 2. The van der Waals surface area contributed by atoms with Gasteiger partial charge in [-0.05, 0) is 24.6 Å². The van der Waals surface area contributed by atoms with E-state index >= 15 is 0 Å². The molecule has 1 atom stereocenters. The molecule has 0 radical (unpaired) electrons. The molecular formula is C18H25N3O4S. The third kappa shape index (κ3) is 5.14. The average Bonchev–Trinajstić information content (AvgIpc) is 2.63. The van der Waals surface area contributed by atoms with Crippen molar-refractivity contribution in [1.29, 1.82) is 0 Å². The summed E-state index contributed by atoms with van der Waals surface area (Å²) in [7, 11) is 1.55. The second kappa shape index (κ2) is 8.93. The van der Waals surface area contributed by atoms with E-state index in [1.807, 2.05) is 23.6 Å². The molecule has 1 fully saturated rings. The standard InChI is InChI=1S/C18H25N3O4S/c1-12-4-5-14(16(22)21-6-8-26-9-7-21)10-15(12)19-18(25)20(3)11-13(2)17(23)24/h4-5,10,13H,6-9,11H2,1-3H3,(H,19,25)(H,23,24). The Kier molecular flexibility index (Phi) is 6.90. The monoisotopic (exact) mass is 379 g/mol. The number of aryl methyl sites for hydroxylation is 1. The van der Waals surface area contributed by atoms with Crippen LogP contribution in [0.15, 0.2) is 18.2 Å². The summed E-state index contributed by atoms with van der Waals surface area (Å²) in [5, 5.41) is 11.7. The normalized spacial score (nSPS) is 15.3. The lowest BCUT2D eigenvalue weighted by Crippen LogP contribution is -2.38. The van der Waals surface area contributed by atoms with Crippen LogP contribution in [0.25, 0.3) is 0 Å². The van der Waals surface area contributed by atoms with Gasteiger partial charge in [0.1, 0.15) is 0 Å². The van der Waals surface area contributed by atoms with Gasteiger partial charge in [0.15, 0.2) is 0 Å². The number of rotatable bonds is 5. The Morgan fingerprint density at radius 1 is 1.31 bits per heavy atom. The molecule has 0 spiro atoms. The highest BCUT2D eigenvalue weighted by atomic mass is 32.2. The van der Waals surface area contributed by atoms with E-state index in [9.17, 15) is 14.4 Å². The maximum absolute atomic E-state index is 12.6. The fourth-order valence-electron chi connectivity index (χ4n) is 2.62. The zero-order valence-corrected chi connectivity index (χ0v) is 16.1. The minimum absolute atomic E-state index is 0.0337. The minimum atomic E-state index is -0.951. The number of carbonyl (C=O) groups is 3. The zero-order chi connectivity index (χ0) is 19.3. The number of benzene rings is 1. The van der Waals surface area contributed by atoms with Crippen LogP contribution in [-0.2, 0) is 4.79 Å². The van der Waals surface area contributed by atoms with E-state index in [0.29, 0.717) is 11.3 Å². The molecule has 1 aromatic rings. The van der Waals surface area contributed by atoms with E-state index in [1.54, 1.807) is 32.2 Å². The molecule has 0 bridgehead atoms. The number of carboxylic acid groups (broad SMARTS) is 1. The first kappa shape index (κ1) is 20.1. The van der Waals surface area contributed by atoms with Gasteiger partial charge in [-0.1, -0.05) is 13.0 Å². The van der Waals surface area contributed by atoms with Crippen LogP contribution in [0.3, 0.4) is 0 Å². The summed E-state index contributed by atoms with van der Waals surface area (Å²) in [5.41, 5.74) is 1.94. The van der Waals surface area contributed by atoms with Crippen LogP contribution in [0.2, 0.25) is 0 Å². The van der Waals surface area contributed by atoms with Gasteiger partial charge in [-0.2, -0.15) is 11.8 Å². The van der Waals surface area contributed by atoms with Crippen molar-refractivity contribution in [3.8, 4) is 0 Å². The van der Waals surface area contributed by atoms with Gasteiger partial charge in [-0.25, -0.2) is 4.79 Å². The fourth-order valence-corrected chi connectivity index (χ4v) is 3.52. The van der Waals surface area contributed by atoms with Crippen molar-refractivity contribution >= 4 is 35.4 Å². The Morgan fingerprint density at radius 2 is 1.96 bits per heavy atom. The second-order valence-electron chi connectivity index (χ2n) is 6.48. The van der Waals surface area contributed by atoms with Crippen molar-refractivity contribution in [3.05, 3.63) is 29.3 Å². The molecule has 26 heavy (non-hydrogen) atoms. The number of urea groups is 1. The predicted molar refractivity (Wildman–Crippen MR) is 103 cm³/mol. The van der Waals surface area contributed by atoms with Crippen molar-refractivity contribution in [2.75, 3.05) is 43.5 Å². The van der Waals surface area contributed by atoms with Gasteiger partial charge >= 0.3 is 12.0 Å². The molecule has 3 amide bonds. The molecule has 0 aliphatic carbocycles. The molecule has 1 heterocycles. The molecule has 1 aromatic carbocycles. The smallest absolute Gasteiger partial charge is 0.321 e. The summed E-state index contributed by atoms with van der Waals surface area (Å²) >= 11 is 1.84. The molecule has 2 rings (SSSR count). The number of thioether (sulfide) groups is 1. The number of carboxylic acids is 1. The van der Waals surface area contributed by atoms with Crippen LogP contribution in [-0.4, -0.2) is 71.0 Å². The van der Waals surface area contributed by atoms with E-state index < -0.39 is 17.9 Å². The van der Waals surface area contributed by atoms with E-state index in [-0.39, 0.29) is 12.5 Å². The lowest BCUT2D eigenvalue weighted by molar-refractivity contribution is -0.141. The van der Waals surface area contributed by atoms with Gasteiger partial charge < -0.3 is 20.2 Å². The number of carbonyl (C=O) groups excluding carboxylic acids is 2. The highest BCUT2D eigenvalue weighted by Crippen LogP contribution is 2.20. The summed E-state index contributed by atoms with van der Waals surface area (Å²) in [5.74, 6) is 0.236. The molecule has 142 valence electrons. The summed E-state index contributed by atoms with van der Waals surface area (Å²) in [6, 6.07) is 4.86. The number of aliphatic carboxylic acids is 1. The number of nitrogens with zero attached hydrogens (tertiary/aromatic N) is 2. The largest absolute Gasteiger partial charge is 0.481 e. The highest BCUT2D eigenvalue weighted by molar-refractivity contribution is 7.99. The van der Waals surface area contributed by atoms with Gasteiger partial charge in [0.2, 0.25) is 0 Å². The average molecular weight is 379 g/mol. The molecule has 2 N–H and O–H groups in total. The zero-order valence-electron chi connectivity index (χ0n) is 15.3. The quantitative estimate of drug-likeness (QED) is 0.820. The highest BCUT2D eigenvalue weighted by Gasteiger charge is 2.21. The first-order valence-corrected chi connectivity index (χ1v) is 9.67. The van der Waals surface area contributed by atoms with Crippen LogP contribution in [0.5, 0.6) is 0 Å². The van der Waals surface area contributed by atoms with Crippen molar-refractivity contribution < 1.29 is 19.5 Å². The summed E-state index contributed by atoms with van der Waals surface area (Å²) in [6.45, 7) is 4.96. The van der Waals surface area contributed by atoms with Crippen molar-refractivity contribution in [1.82, 2.24) is 9.80 Å². The second-order valence-corrected chi connectivity index (χ2v) is 7.71. The van der Waals surface area contributed by atoms with Crippen LogP contribution in [0.4, 0.5) is 10.5 Å². The summed E-state index contributed by atoms with van der Waals surface area (Å²) in [6.07, 6.45) is 0. The van der Waals surface area contributed by atoms with E-state index in [1.165, 1.54) is 4.90 Å². The number of amides is 3. The third-order valence-corrected chi connectivity index (χ3v) is 5.28. The Hall–Kier alpha value is -2.22. The van der Waals surface area contributed by atoms with E-state index in [4.69, 9.17) is 5.11 Å². The predicted octanol–water partition coefficient (Wildman–Crippen LogP) is 2.37. The lowest BCUT2D eigenvalue weighted by Gasteiger charge is -2.27.